The monoisotopic (exact) mass is 152 g/mol. The number of hydrogen-bond acceptors (Lipinski definition) is 3. The van der Waals surface area contributed by atoms with E-state index in [1.165, 1.54) is 6.07 Å². The molecule has 1 aromatic rings. The lowest BCUT2D eigenvalue weighted by Crippen LogP contribution is -1.88. The molecule has 0 unspecified atom stereocenters. The van der Waals surface area contributed by atoms with E-state index in [2.05, 4.69) is 4.74 Å². The average molecular weight is 152 g/mol. The molecule has 0 aliphatic carbocycles. The molecule has 0 spiro atoms. The van der Waals surface area contributed by atoms with Crippen molar-refractivity contribution in [3.8, 4) is 11.5 Å². The van der Waals surface area contributed by atoms with Crippen molar-refractivity contribution >= 4 is 6.47 Å². The van der Waals surface area contributed by atoms with Gasteiger partial charge in [-0.3, -0.25) is 4.79 Å². The van der Waals surface area contributed by atoms with E-state index in [0.29, 0.717) is 12.2 Å². The summed E-state index contributed by atoms with van der Waals surface area (Å²) in [5, 5.41) is 9.02. The summed E-state index contributed by atoms with van der Waals surface area (Å²) in [5.74, 6) is 0.458. The average Bonchev–Trinajstić information content (AvgIpc) is 1.85. The van der Waals surface area contributed by atoms with Gasteiger partial charge in [-0.2, -0.15) is 0 Å². The molecule has 0 aliphatic rings. The molecule has 1 rings (SSSR count). The maximum Gasteiger partial charge on any atom is 0.298 e. The standard InChI is InChI=1S/C8H8O3/c1-6-2-7(10)4-8(3-6)11-5-9/h2-5,10H,1H3. The second-order valence-corrected chi connectivity index (χ2v) is 2.22. The lowest BCUT2D eigenvalue weighted by molar-refractivity contribution is -0.120. The van der Waals surface area contributed by atoms with Crippen LogP contribution >= 0.6 is 0 Å². The molecule has 3 nitrogen and oxygen atoms in total. The molecule has 3 heteroatoms. The summed E-state index contributed by atoms with van der Waals surface area (Å²) >= 11 is 0. The Kier molecular flexibility index (Phi) is 2.11. The molecule has 0 radical (unpaired) electrons. The first-order valence-electron chi connectivity index (χ1n) is 3.13. The molecule has 1 N–H and O–H groups in total. The van der Waals surface area contributed by atoms with Gasteiger partial charge < -0.3 is 9.84 Å². The zero-order chi connectivity index (χ0) is 8.27. The molecule has 0 atom stereocenters. The van der Waals surface area contributed by atoms with E-state index in [9.17, 15) is 4.79 Å². The second kappa shape index (κ2) is 3.05. The molecule has 11 heavy (non-hydrogen) atoms. The van der Waals surface area contributed by atoms with Crippen molar-refractivity contribution in [2.45, 2.75) is 6.92 Å². The molecule has 0 heterocycles. The van der Waals surface area contributed by atoms with Crippen molar-refractivity contribution in [1.29, 1.82) is 0 Å². The predicted octanol–water partition coefficient (Wildman–Crippen LogP) is 1.24. The van der Waals surface area contributed by atoms with Crippen LogP contribution in [0.25, 0.3) is 0 Å². The molecule has 0 saturated carbocycles. The number of benzene rings is 1. The third kappa shape index (κ3) is 1.97. The molecular formula is C8H8O3. The highest BCUT2D eigenvalue weighted by Gasteiger charge is 1.96. The van der Waals surface area contributed by atoms with Crippen LogP contribution in [0.2, 0.25) is 0 Å². The van der Waals surface area contributed by atoms with E-state index in [0.717, 1.165) is 5.56 Å². The van der Waals surface area contributed by atoms with Crippen molar-refractivity contribution in [2.24, 2.45) is 0 Å². The van der Waals surface area contributed by atoms with Gasteiger partial charge in [0, 0.05) is 6.07 Å². The van der Waals surface area contributed by atoms with Gasteiger partial charge in [0.25, 0.3) is 6.47 Å². The molecule has 0 bridgehead atoms. The molecule has 0 amide bonds. The number of aryl methyl sites for hydroxylation is 1. The Bertz CT molecular complexity index is 248. The Hall–Kier alpha value is -1.51. The highest BCUT2D eigenvalue weighted by Crippen LogP contribution is 2.20. The van der Waals surface area contributed by atoms with Crippen LogP contribution in [0.4, 0.5) is 0 Å². The highest BCUT2D eigenvalue weighted by molar-refractivity contribution is 5.47. The first-order chi connectivity index (χ1) is 5.22. The highest BCUT2D eigenvalue weighted by atomic mass is 16.5. The van der Waals surface area contributed by atoms with Gasteiger partial charge in [-0.1, -0.05) is 0 Å². The van der Waals surface area contributed by atoms with E-state index in [1.54, 1.807) is 19.1 Å². The zero-order valence-corrected chi connectivity index (χ0v) is 6.07. The largest absolute Gasteiger partial charge is 0.508 e. The maximum absolute atomic E-state index is 9.89. The molecule has 0 aromatic heterocycles. The summed E-state index contributed by atoms with van der Waals surface area (Å²) in [6.45, 7) is 2.13. The van der Waals surface area contributed by atoms with Gasteiger partial charge in [-0.15, -0.1) is 0 Å². The lowest BCUT2D eigenvalue weighted by Gasteiger charge is -1.99. The smallest absolute Gasteiger partial charge is 0.298 e. The molecule has 0 saturated heterocycles. The van der Waals surface area contributed by atoms with Crippen molar-refractivity contribution in [2.75, 3.05) is 0 Å². The van der Waals surface area contributed by atoms with Crippen molar-refractivity contribution < 1.29 is 14.6 Å². The summed E-state index contributed by atoms with van der Waals surface area (Å²) in [6.07, 6.45) is 0. The van der Waals surface area contributed by atoms with Gasteiger partial charge in [0.05, 0.1) is 0 Å². The number of phenols is 1. The fourth-order valence-corrected chi connectivity index (χ4v) is 0.852. The lowest BCUT2D eigenvalue weighted by atomic mass is 10.2. The van der Waals surface area contributed by atoms with Crippen LogP contribution in [-0.2, 0) is 4.79 Å². The Morgan fingerprint density at radius 2 is 2.18 bits per heavy atom. The fourth-order valence-electron chi connectivity index (χ4n) is 0.852. The van der Waals surface area contributed by atoms with E-state index in [4.69, 9.17) is 5.11 Å². The normalized spacial score (nSPS) is 9.18. The second-order valence-electron chi connectivity index (χ2n) is 2.22. The number of carbonyl (C=O) groups is 1. The number of carbonyl (C=O) groups excluding carboxylic acids is 1. The van der Waals surface area contributed by atoms with Crippen LogP contribution in [0.15, 0.2) is 18.2 Å². The minimum absolute atomic E-state index is 0.0989. The number of ether oxygens (including phenoxy) is 1. The van der Waals surface area contributed by atoms with Gasteiger partial charge in [0.2, 0.25) is 0 Å². The number of hydrogen-bond donors (Lipinski definition) is 1. The Labute approximate surface area is 64.2 Å². The fraction of sp³-hybridized carbons (Fsp3) is 0.125. The van der Waals surface area contributed by atoms with Crippen LogP contribution in [0.5, 0.6) is 11.5 Å². The SMILES string of the molecule is Cc1cc(O)cc(OC=O)c1. The summed E-state index contributed by atoms with van der Waals surface area (Å²) in [7, 11) is 0. The topological polar surface area (TPSA) is 46.5 Å². The zero-order valence-electron chi connectivity index (χ0n) is 6.07. The molecule has 0 aliphatic heterocycles. The van der Waals surface area contributed by atoms with Crippen LogP contribution in [0.1, 0.15) is 5.56 Å². The third-order valence-corrected chi connectivity index (χ3v) is 1.22. The number of aromatic hydroxyl groups is 1. The van der Waals surface area contributed by atoms with Gasteiger partial charge in [0.15, 0.2) is 0 Å². The van der Waals surface area contributed by atoms with Crippen LogP contribution in [-0.4, -0.2) is 11.6 Å². The van der Waals surface area contributed by atoms with Crippen molar-refractivity contribution in [3.05, 3.63) is 23.8 Å². The van der Waals surface area contributed by atoms with E-state index in [1.807, 2.05) is 0 Å². The first-order valence-corrected chi connectivity index (χ1v) is 3.13. The van der Waals surface area contributed by atoms with Crippen molar-refractivity contribution in [1.82, 2.24) is 0 Å². The first kappa shape index (κ1) is 7.60. The Balaban J connectivity index is 2.98. The van der Waals surface area contributed by atoms with Crippen LogP contribution in [0, 0.1) is 6.92 Å². The minimum atomic E-state index is 0.0989. The molecule has 1 aromatic carbocycles. The van der Waals surface area contributed by atoms with Crippen LogP contribution in [0.3, 0.4) is 0 Å². The maximum atomic E-state index is 9.89. The minimum Gasteiger partial charge on any atom is -0.508 e. The van der Waals surface area contributed by atoms with Gasteiger partial charge in [0.1, 0.15) is 11.5 Å². The predicted molar refractivity (Wildman–Crippen MR) is 39.5 cm³/mol. The summed E-state index contributed by atoms with van der Waals surface area (Å²) in [4.78, 5) is 9.89. The number of rotatable bonds is 2. The third-order valence-electron chi connectivity index (χ3n) is 1.22. The number of phenolic OH excluding ortho intramolecular Hbond substituents is 1. The summed E-state index contributed by atoms with van der Waals surface area (Å²) in [5.41, 5.74) is 0.849. The van der Waals surface area contributed by atoms with Gasteiger partial charge >= 0.3 is 0 Å². The Morgan fingerprint density at radius 3 is 2.73 bits per heavy atom. The molecule has 0 fully saturated rings. The van der Waals surface area contributed by atoms with Crippen molar-refractivity contribution in [3.63, 3.8) is 0 Å². The summed E-state index contributed by atoms with van der Waals surface area (Å²) < 4.78 is 4.53. The van der Waals surface area contributed by atoms with E-state index < -0.39 is 0 Å². The van der Waals surface area contributed by atoms with E-state index in [-0.39, 0.29) is 5.75 Å². The van der Waals surface area contributed by atoms with E-state index >= 15 is 0 Å². The van der Waals surface area contributed by atoms with Gasteiger partial charge in [-0.25, -0.2) is 0 Å². The van der Waals surface area contributed by atoms with Crippen LogP contribution < -0.4 is 4.74 Å². The van der Waals surface area contributed by atoms with Gasteiger partial charge in [-0.05, 0) is 24.6 Å². The summed E-state index contributed by atoms with van der Waals surface area (Å²) in [6, 6.07) is 4.62. The quantitative estimate of drug-likeness (QED) is 0.648. The molecule has 58 valence electrons. The molecular weight excluding hydrogens is 144 g/mol. The Morgan fingerprint density at radius 1 is 1.45 bits per heavy atom.